The van der Waals surface area contributed by atoms with E-state index in [0.717, 1.165) is 23.4 Å². The average Bonchev–Trinajstić information content (AvgIpc) is 3.57. The van der Waals surface area contributed by atoms with E-state index in [1.807, 2.05) is 48.3 Å². The van der Waals surface area contributed by atoms with Crippen LogP contribution in [0.3, 0.4) is 0 Å². The van der Waals surface area contributed by atoms with Gasteiger partial charge in [0.05, 0.1) is 24.1 Å². The molecule has 0 radical (unpaired) electrons. The van der Waals surface area contributed by atoms with Crippen LogP contribution in [0.2, 0.25) is 0 Å². The quantitative estimate of drug-likeness (QED) is 0.196. The minimum atomic E-state index is -0.643. The first-order valence-electron chi connectivity index (χ1n) is 13.4. The SMILES string of the molecule is Cn1ccc2nc(CNC(=O)[C@@H]3CCc4ncc(NC/C(C=N)=C/CCCc5ccccc5F)c(=O)n43)cc-2c1. The summed E-state index contributed by atoms with van der Waals surface area (Å²) in [4.78, 5) is 35.4. The Morgan fingerprint density at radius 1 is 1.27 bits per heavy atom. The Bertz CT molecular complexity index is 1590. The van der Waals surface area contributed by atoms with Gasteiger partial charge in [0.1, 0.15) is 23.4 Å². The number of unbranched alkanes of at least 4 members (excludes halogenated alkanes) is 1. The predicted octanol–water partition coefficient (Wildman–Crippen LogP) is 4.04. The number of aromatic nitrogens is 4. The second-order valence-corrected chi connectivity index (χ2v) is 9.99. The van der Waals surface area contributed by atoms with E-state index < -0.39 is 6.04 Å². The number of aryl methyl sites for hydroxylation is 3. The molecule has 0 bridgehead atoms. The molecule has 0 saturated heterocycles. The monoisotopic (exact) mass is 541 g/mol. The summed E-state index contributed by atoms with van der Waals surface area (Å²) >= 11 is 0. The number of carbonyl (C=O) groups is 1. The van der Waals surface area contributed by atoms with Crippen LogP contribution < -0.4 is 16.2 Å². The van der Waals surface area contributed by atoms with Gasteiger partial charge in [0.2, 0.25) is 5.91 Å². The molecule has 1 aromatic carbocycles. The molecule has 206 valence electrons. The number of halogens is 1. The molecule has 40 heavy (non-hydrogen) atoms. The first-order chi connectivity index (χ1) is 19.4. The number of hydrogen-bond acceptors (Lipinski definition) is 6. The maximum absolute atomic E-state index is 13.8. The zero-order valence-corrected chi connectivity index (χ0v) is 22.4. The average molecular weight is 542 g/mol. The van der Waals surface area contributed by atoms with Crippen LogP contribution >= 0.6 is 0 Å². The predicted molar refractivity (Wildman–Crippen MR) is 152 cm³/mol. The molecular formula is C30H32FN7O2. The molecule has 2 aromatic rings. The van der Waals surface area contributed by atoms with Crippen LogP contribution in [0, 0.1) is 11.2 Å². The number of amides is 1. The largest absolute Gasteiger partial charge is 0.375 e. The lowest BCUT2D eigenvalue weighted by molar-refractivity contribution is -0.124. The Balaban J connectivity index is 1.19. The van der Waals surface area contributed by atoms with Gasteiger partial charge in [-0.05, 0) is 55.0 Å². The van der Waals surface area contributed by atoms with Crippen molar-refractivity contribution in [3.8, 4) is 11.3 Å². The van der Waals surface area contributed by atoms with Crippen LogP contribution in [0.5, 0.6) is 0 Å². The standard InChI is InChI=1S/C30H32FN7O2/c1-37-13-12-25-22(19-37)14-23(36-25)17-35-29(39)27-10-11-28-34-18-26(30(40)38(27)28)33-16-20(15-32)6-2-3-7-21-8-4-5-9-24(21)31/h4-6,8-9,12-15,18-19,27,32-33H,2-3,7,10-11,16-17H2,1H3,(H,35,39)/b20-6+,32-15?/t27-/m0/s1. The highest BCUT2D eigenvalue weighted by Gasteiger charge is 2.31. The van der Waals surface area contributed by atoms with Gasteiger partial charge in [-0.3, -0.25) is 19.1 Å². The zero-order valence-electron chi connectivity index (χ0n) is 22.4. The molecule has 1 amide bonds. The molecule has 1 aromatic heterocycles. The van der Waals surface area contributed by atoms with Crippen LogP contribution in [0.1, 0.15) is 42.4 Å². The van der Waals surface area contributed by atoms with Crippen molar-refractivity contribution in [1.29, 1.82) is 5.41 Å². The van der Waals surface area contributed by atoms with Gasteiger partial charge in [-0.2, -0.15) is 0 Å². The Kier molecular flexibility index (Phi) is 8.14. The summed E-state index contributed by atoms with van der Waals surface area (Å²) < 4.78 is 17.2. The van der Waals surface area contributed by atoms with E-state index in [4.69, 9.17) is 5.41 Å². The molecule has 0 aliphatic carbocycles. The molecule has 0 spiro atoms. The van der Waals surface area contributed by atoms with Crippen molar-refractivity contribution in [3.63, 3.8) is 0 Å². The van der Waals surface area contributed by atoms with Crippen LogP contribution in [-0.4, -0.2) is 37.8 Å². The highest BCUT2D eigenvalue weighted by Crippen LogP contribution is 2.24. The van der Waals surface area contributed by atoms with Gasteiger partial charge < -0.3 is 20.6 Å². The topological polar surface area (TPSA) is 118 Å². The van der Waals surface area contributed by atoms with Gasteiger partial charge in [0, 0.05) is 44.2 Å². The number of allylic oxidation sites excluding steroid dienone is 1. The summed E-state index contributed by atoms with van der Waals surface area (Å²) in [5, 5.41) is 13.7. The summed E-state index contributed by atoms with van der Waals surface area (Å²) in [5.41, 5.74) is 3.98. The molecule has 3 N–H and O–H groups in total. The number of pyridine rings is 1. The van der Waals surface area contributed by atoms with Crippen LogP contribution in [0.4, 0.5) is 10.1 Å². The van der Waals surface area contributed by atoms with Crippen molar-refractivity contribution in [2.24, 2.45) is 7.05 Å². The fourth-order valence-electron chi connectivity index (χ4n) is 5.01. The minimum absolute atomic E-state index is 0.206. The smallest absolute Gasteiger partial charge is 0.277 e. The molecule has 5 rings (SSSR count). The van der Waals surface area contributed by atoms with Crippen molar-refractivity contribution >= 4 is 17.8 Å². The number of nitrogens with zero attached hydrogens (tertiary/aromatic N) is 4. The van der Waals surface area contributed by atoms with E-state index in [9.17, 15) is 14.0 Å². The van der Waals surface area contributed by atoms with Gasteiger partial charge in [-0.1, -0.05) is 24.3 Å². The molecule has 1 atom stereocenters. The van der Waals surface area contributed by atoms with Crippen molar-refractivity contribution in [1.82, 2.24) is 24.4 Å². The Labute approximate surface area is 231 Å². The van der Waals surface area contributed by atoms with Crippen molar-refractivity contribution in [3.05, 3.63) is 99.9 Å². The minimum Gasteiger partial charge on any atom is -0.375 e. The first-order valence-corrected chi connectivity index (χ1v) is 13.4. The number of anilines is 1. The molecule has 3 aliphatic heterocycles. The number of carbonyl (C=O) groups excluding carboxylic acids is 1. The van der Waals surface area contributed by atoms with E-state index in [-0.39, 0.29) is 36.1 Å². The van der Waals surface area contributed by atoms with Crippen molar-refractivity contribution in [2.45, 2.75) is 44.7 Å². The third kappa shape index (κ3) is 6.01. The van der Waals surface area contributed by atoms with Gasteiger partial charge in [0.15, 0.2) is 0 Å². The van der Waals surface area contributed by atoms with Crippen molar-refractivity contribution < 1.29 is 9.18 Å². The number of rotatable bonds is 11. The molecular weight excluding hydrogens is 509 g/mol. The fraction of sp³-hybridized carbons (Fsp3) is 0.300. The lowest BCUT2D eigenvalue weighted by Crippen LogP contribution is -2.36. The van der Waals surface area contributed by atoms with Crippen LogP contribution in [-0.2, 0) is 31.2 Å². The molecule has 10 heteroatoms. The second-order valence-electron chi connectivity index (χ2n) is 9.99. The van der Waals surface area contributed by atoms with E-state index in [1.54, 1.807) is 12.1 Å². The molecule has 3 aliphatic rings. The molecule has 0 saturated carbocycles. The third-order valence-electron chi connectivity index (χ3n) is 7.14. The number of fused-ring (bicyclic) bond motifs is 2. The Morgan fingerprint density at radius 3 is 2.95 bits per heavy atom. The second kappa shape index (κ2) is 12.1. The van der Waals surface area contributed by atoms with Gasteiger partial charge in [-0.15, -0.1) is 0 Å². The summed E-state index contributed by atoms with van der Waals surface area (Å²) in [5.74, 6) is 0.131. The Morgan fingerprint density at radius 2 is 2.12 bits per heavy atom. The van der Waals surface area contributed by atoms with E-state index in [0.29, 0.717) is 42.6 Å². The van der Waals surface area contributed by atoms with Crippen LogP contribution in [0.15, 0.2) is 71.4 Å². The van der Waals surface area contributed by atoms with Gasteiger partial charge in [0.25, 0.3) is 5.56 Å². The Hall–Kier alpha value is -4.60. The summed E-state index contributed by atoms with van der Waals surface area (Å²) in [6.07, 6.45) is 11.6. The number of benzene rings is 1. The van der Waals surface area contributed by atoms with E-state index in [2.05, 4.69) is 20.6 Å². The fourth-order valence-corrected chi connectivity index (χ4v) is 5.01. The maximum Gasteiger partial charge on any atom is 0.277 e. The summed E-state index contributed by atoms with van der Waals surface area (Å²) in [7, 11) is 1.94. The van der Waals surface area contributed by atoms with E-state index in [1.165, 1.54) is 23.0 Å². The number of nitrogens with one attached hydrogen (secondary N) is 3. The third-order valence-corrected chi connectivity index (χ3v) is 7.14. The lowest BCUT2D eigenvalue weighted by Gasteiger charge is -2.15. The molecule has 4 heterocycles. The highest BCUT2D eigenvalue weighted by molar-refractivity contribution is 5.81. The molecule has 0 fully saturated rings. The summed E-state index contributed by atoms with van der Waals surface area (Å²) in [6, 6.07) is 9.96. The van der Waals surface area contributed by atoms with E-state index >= 15 is 0 Å². The van der Waals surface area contributed by atoms with Gasteiger partial charge in [-0.25, -0.2) is 9.37 Å². The van der Waals surface area contributed by atoms with Crippen LogP contribution in [0.25, 0.3) is 11.3 Å². The lowest BCUT2D eigenvalue weighted by atomic mass is 10.1. The van der Waals surface area contributed by atoms with Crippen molar-refractivity contribution in [2.75, 3.05) is 11.9 Å². The first kappa shape index (κ1) is 27.0. The summed E-state index contributed by atoms with van der Waals surface area (Å²) in [6.45, 7) is 0.540. The number of hydrogen-bond donors (Lipinski definition) is 3. The highest BCUT2D eigenvalue weighted by atomic mass is 19.1. The zero-order chi connectivity index (χ0) is 28.1. The molecule has 9 nitrogen and oxygen atoms in total. The molecule has 0 unspecified atom stereocenters. The maximum atomic E-state index is 13.8. The van der Waals surface area contributed by atoms with Gasteiger partial charge >= 0.3 is 0 Å². The normalized spacial score (nSPS) is 14.8.